The van der Waals surface area contributed by atoms with E-state index in [2.05, 4.69) is 4.98 Å². The van der Waals surface area contributed by atoms with Crippen molar-refractivity contribution in [2.45, 2.75) is 25.7 Å². The molecule has 1 aromatic heterocycles. The van der Waals surface area contributed by atoms with E-state index in [-0.39, 0.29) is 35.4 Å². The van der Waals surface area contributed by atoms with Crippen LogP contribution in [-0.4, -0.2) is 29.2 Å². The van der Waals surface area contributed by atoms with Gasteiger partial charge >= 0.3 is 5.97 Å². The first-order valence-corrected chi connectivity index (χ1v) is 11.8. The highest BCUT2D eigenvalue weighted by Gasteiger charge is 2.17. The number of para-hydroxylation sites is 1. The Morgan fingerprint density at radius 2 is 1.75 bits per heavy atom. The molecule has 0 fully saturated rings. The number of halogens is 2. The van der Waals surface area contributed by atoms with E-state index in [0.717, 1.165) is 22.2 Å². The quantitative estimate of drug-likeness (QED) is 0.274. The number of carbonyl (C=O) groups is 1. The Bertz CT molecular complexity index is 1370. The van der Waals surface area contributed by atoms with Crippen LogP contribution in [0.2, 0.25) is 10.0 Å². The maximum absolute atomic E-state index is 11.0. The molecule has 9 heteroatoms. The predicted octanol–water partition coefficient (Wildman–Crippen LogP) is 5.66. The van der Waals surface area contributed by atoms with Crippen molar-refractivity contribution in [1.82, 2.24) is 4.98 Å². The molecule has 3 aromatic carbocycles. The number of nitrogens with two attached hydrogens (primary N) is 1. The minimum Gasteiger partial charge on any atom is -0.497 e. The zero-order valence-corrected chi connectivity index (χ0v) is 20.9. The van der Waals surface area contributed by atoms with Gasteiger partial charge in [0.15, 0.2) is 5.75 Å². The van der Waals surface area contributed by atoms with Gasteiger partial charge in [-0.05, 0) is 54.4 Å². The van der Waals surface area contributed by atoms with Crippen LogP contribution in [0.15, 0.2) is 66.7 Å². The standard InChI is InChI=1S/C27H24Cl2N2O5/c1-34-20-8-9-25(35-15-19-7-6-17-4-2-3-5-24(17)31-19)18(13-20)14-36-26-21(28)10-16(11-22(26)29)12-23(30)27(32)33/h2-11,13,23H,12,14-15,30H2,1H3,(H,32,33). The van der Waals surface area contributed by atoms with Gasteiger partial charge in [-0.15, -0.1) is 0 Å². The summed E-state index contributed by atoms with van der Waals surface area (Å²) < 4.78 is 17.4. The third kappa shape index (κ3) is 6.18. The molecule has 0 bridgehead atoms. The van der Waals surface area contributed by atoms with Crippen molar-refractivity contribution in [3.05, 3.63) is 93.6 Å². The summed E-state index contributed by atoms with van der Waals surface area (Å²) >= 11 is 12.8. The van der Waals surface area contributed by atoms with Gasteiger partial charge in [-0.25, -0.2) is 4.98 Å². The van der Waals surface area contributed by atoms with Gasteiger partial charge in [-0.3, -0.25) is 4.79 Å². The molecular formula is C27H24Cl2N2O5. The lowest BCUT2D eigenvalue weighted by atomic mass is 10.1. The second-order valence-electron chi connectivity index (χ2n) is 8.08. The molecule has 0 aliphatic carbocycles. The summed E-state index contributed by atoms with van der Waals surface area (Å²) in [5.74, 6) is 0.407. The van der Waals surface area contributed by atoms with Crippen LogP contribution < -0.4 is 19.9 Å². The lowest BCUT2D eigenvalue weighted by Gasteiger charge is -2.16. The largest absolute Gasteiger partial charge is 0.497 e. The van der Waals surface area contributed by atoms with E-state index < -0.39 is 12.0 Å². The Morgan fingerprint density at radius 1 is 1.00 bits per heavy atom. The predicted molar refractivity (Wildman–Crippen MR) is 139 cm³/mol. The maximum atomic E-state index is 11.0. The van der Waals surface area contributed by atoms with Gasteiger partial charge in [0, 0.05) is 10.9 Å². The zero-order chi connectivity index (χ0) is 25.7. The Labute approximate surface area is 218 Å². The number of aliphatic carboxylic acids is 1. The number of benzene rings is 3. The molecule has 0 saturated heterocycles. The Kier molecular flexibility index (Phi) is 8.15. The smallest absolute Gasteiger partial charge is 0.320 e. The molecule has 0 aliphatic heterocycles. The number of rotatable bonds is 10. The highest BCUT2D eigenvalue weighted by molar-refractivity contribution is 6.37. The van der Waals surface area contributed by atoms with E-state index in [1.807, 2.05) is 42.5 Å². The number of carboxylic acids is 1. The molecule has 0 saturated carbocycles. The zero-order valence-electron chi connectivity index (χ0n) is 19.4. The van der Waals surface area contributed by atoms with Crippen LogP contribution in [0.3, 0.4) is 0 Å². The lowest BCUT2D eigenvalue weighted by Crippen LogP contribution is -2.32. The summed E-state index contributed by atoms with van der Waals surface area (Å²) in [6.45, 7) is 0.370. The Hall–Kier alpha value is -3.52. The summed E-state index contributed by atoms with van der Waals surface area (Å²) in [5.41, 5.74) is 8.62. The lowest BCUT2D eigenvalue weighted by molar-refractivity contribution is -0.138. The number of aromatic nitrogens is 1. The van der Waals surface area contributed by atoms with Crippen molar-refractivity contribution < 1.29 is 24.1 Å². The maximum Gasteiger partial charge on any atom is 0.320 e. The summed E-state index contributed by atoms with van der Waals surface area (Å²) in [6, 6.07) is 19.4. The molecule has 4 rings (SSSR count). The topological polar surface area (TPSA) is 104 Å². The number of carboxylic acid groups (broad SMARTS) is 1. The number of methoxy groups -OCH3 is 1. The van der Waals surface area contributed by atoms with Crippen molar-refractivity contribution in [2.75, 3.05) is 7.11 Å². The second kappa shape index (κ2) is 11.5. The SMILES string of the molecule is COc1ccc(OCc2ccc3ccccc3n2)c(COc2c(Cl)cc(CC(N)C(=O)O)cc2Cl)c1. The third-order valence-electron chi connectivity index (χ3n) is 5.50. The Morgan fingerprint density at radius 3 is 2.47 bits per heavy atom. The van der Waals surface area contributed by atoms with Crippen LogP contribution in [0, 0.1) is 0 Å². The third-order valence-corrected chi connectivity index (χ3v) is 6.06. The van der Waals surface area contributed by atoms with E-state index in [0.29, 0.717) is 17.1 Å². The fraction of sp³-hybridized carbons (Fsp3) is 0.185. The second-order valence-corrected chi connectivity index (χ2v) is 8.90. The highest BCUT2D eigenvalue weighted by Crippen LogP contribution is 2.36. The normalized spacial score (nSPS) is 11.8. The van der Waals surface area contributed by atoms with Gasteiger partial charge < -0.3 is 25.1 Å². The van der Waals surface area contributed by atoms with Crippen molar-refractivity contribution in [2.24, 2.45) is 5.73 Å². The number of hydrogen-bond donors (Lipinski definition) is 2. The molecule has 1 atom stereocenters. The molecule has 0 spiro atoms. The molecule has 1 unspecified atom stereocenters. The number of fused-ring (bicyclic) bond motifs is 1. The average Bonchev–Trinajstić information content (AvgIpc) is 2.87. The summed E-state index contributed by atoms with van der Waals surface area (Å²) in [6.07, 6.45) is 0.0890. The van der Waals surface area contributed by atoms with Gasteiger partial charge in [0.25, 0.3) is 0 Å². The number of hydrogen-bond acceptors (Lipinski definition) is 6. The van der Waals surface area contributed by atoms with E-state index in [4.69, 9.17) is 48.3 Å². The van der Waals surface area contributed by atoms with Gasteiger partial charge in [0.05, 0.1) is 28.4 Å². The summed E-state index contributed by atoms with van der Waals surface area (Å²) in [5, 5.41) is 10.6. The van der Waals surface area contributed by atoms with Gasteiger partial charge in [-0.2, -0.15) is 0 Å². The van der Waals surface area contributed by atoms with Gasteiger partial charge in [0.2, 0.25) is 0 Å². The summed E-state index contributed by atoms with van der Waals surface area (Å²) in [7, 11) is 1.58. The first-order valence-electron chi connectivity index (χ1n) is 11.1. The number of nitrogens with zero attached hydrogens (tertiary/aromatic N) is 1. The van der Waals surface area contributed by atoms with E-state index >= 15 is 0 Å². The first kappa shape index (κ1) is 25.6. The van der Waals surface area contributed by atoms with Crippen LogP contribution in [0.5, 0.6) is 17.2 Å². The molecule has 3 N–H and O–H groups in total. The number of ether oxygens (including phenoxy) is 3. The van der Waals surface area contributed by atoms with Crippen molar-refractivity contribution >= 4 is 40.1 Å². The fourth-order valence-electron chi connectivity index (χ4n) is 3.64. The molecule has 0 radical (unpaired) electrons. The summed E-state index contributed by atoms with van der Waals surface area (Å²) in [4.78, 5) is 15.7. The minimum absolute atomic E-state index is 0.0890. The molecular weight excluding hydrogens is 503 g/mol. The van der Waals surface area contributed by atoms with Gasteiger partial charge in [0.1, 0.15) is 30.8 Å². The monoisotopic (exact) mass is 526 g/mol. The van der Waals surface area contributed by atoms with E-state index in [9.17, 15) is 4.79 Å². The molecule has 186 valence electrons. The molecule has 36 heavy (non-hydrogen) atoms. The van der Waals surface area contributed by atoms with Crippen LogP contribution in [0.1, 0.15) is 16.8 Å². The average molecular weight is 527 g/mol. The van der Waals surface area contributed by atoms with Crippen molar-refractivity contribution in [1.29, 1.82) is 0 Å². The van der Waals surface area contributed by atoms with Crippen LogP contribution in [0.25, 0.3) is 10.9 Å². The molecule has 4 aromatic rings. The number of pyridine rings is 1. The first-order chi connectivity index (χ1) is 17.3. The molecule has 0 aliphatic rings. The Balaban J connectivity index is 1.50. The molecule has 1 heterocycles. The molecule has 0 amide bonds. The van der Waals surface area contributed by atoms with Crippen molar-refractivity contribution in [3.63, 3.8) is 0 Å². The van der Waals surface area contributed by atoms with Crippen LogP contribution in [0.4, 0.5) is 0 Å². The van der Waals surface area contributed by atoms with Crippen LogP contribution >= 0.6 is 23.2 Å². The fourth-order valence-corrected chi connectivity index (χ4v) is 4.28. The minimum atomic E-state index is -1.10. The molecule has 7 nitrogen and oxygen atoms in total. The van der Waals surface area contributed by atoms with Crippen LogP contribution in [-0.2, 0) is 24.4 Å². The van der Waals surface area contributed by atoms with Crippen molar-refractivity contribution in [3.8, 4) is 17.2 Å². The highest BCUT2D eigenvalue weighted by atomic mass is 35.5. The van der Waals surface area contributed by atoms with E-state index in [1.165, 1.54) is 0 Å². The van der Waals surface area contributed by atoms with Gasteiger partial charge in [-0.1, -0.05) is 47.5 Å². The van der Waals surface area contributed by atoms with E-state index in [1.54, 1.807) is 31.4 Å².